The summed E-state index contributed by atoms with van der Waals surface area (Å²) in [6.45, 7) is 8.74. The van der Waals surface area contributed by atoms with E-state index in [9.17, 15) is 9.59 Å². The molecule has 0 aliphatic rings. The van der Waals surface area contributed by atoms with E-state index < -0.39 is 11.9 Å². The van der Waals surface area contributed by atoms with Gasteiger partial charge in [0.1, 0.15) is 0 Å². The van der Waals surface area contributed by atoms with Gasteiger partial charge in [0.15, 0.2) is 6.10 Å². The van der Waals surface area contributed by atoms with Crippen LogP contribution in [0.2, 0.25) is 0 Å². The normalized spacial score (nSPS) is 9.62. The molecule has 0 aliphatic heterocycles. The van der Waals surface area contributed by atoms with Crippen LogP contribution in [0.1, 0.15) is 26.2 Å². The SMILES string of the molecule is C=CC(=O)OCC[C](CCC)OC(=O)C=C. The molecule has 4 heteroatoms. The smallest absolute Gasteiger partial charge is 0.330 e. The number of carbonyl (C=O) groups is 2. The Balaban J connectivity index is 3.92. The maximum atomic E-state index is 11.0. The van der Waals surface area contributed by atoms with E-state index in [1.807, 2.05) is 6.92 Å². The lowest BCUT2D eigenvalue weighted by molar-refractivity contribution is -0.139. The first kappa shape index (κ1) is 14.4. The highest BCUT2D eigenvalue weighted by atomic mass is 16.6. The quantitative estimate of drug-likeness (QED) is 0.469. The first-order valence-electron chi connectivity index (χ1n) is 5.12. The molecule has 0 bridgehead atoms. The van der Waals surface area contributed by atoms with Gasteiger partial charge in [-0.25, -0.2) is 9.59 Å². The summed E-state index contributed by atoms with van der Waals surface area (Å²) in [6.07, 6.45) is 4.72. The molecule has 0 N–H and O–H groups in total. The minimum absolute atomic E-state index is 0.185. The molecule has 0 aromatic heterocycles. The van der Waals surface area contributed by atoms with Crippen LogP contribution in [-0.2, 0) is 19.1 Å². The van der Waals surface area contributed by atoms with Crippen LogP contribution in [0.25, 0.3) is 0 Å². The lowest BCUT2D eigenvalue weighted by Gasteiger charge is -2.14. The Morgan fingerprint density at radius 2 is 1.75 bits per heavy atom. The van der Waals surface area contributed by atoms with E-state index in [-0.39, 0.29) is 6.61 Å². The van der Waals surface area contributed by atoms with Crippen molar-refractivity contribution < 1.29 is 19.1 Å². The number of hydrogen-bond acceptors (Lipinski definition) is 4. The van der Waals surface area contributed by atoms with Crippen molar-refractivity contribution in [1.82, 2.24) is 0 Å². The molecule has 0 saturated heterocycles. The van der Waals surface area contributed by atoms with Gasteiger partial charge in [-0.15, -0.1) is 0 Å². The van der Waals surface area contributed by atoms with E-state index in [2.05, 4.69) is 13.2 Å². The van der Waals surface area contributed by atoms with Gasteiger partial charge in [-0.3, -0.25) is 0 Å². The maximum absolute atomic E-state index is 11.0. The summed E-state index contributed by atoms with van der Waals surface area (Å²) in [6, 6.07) is 0. The number of rotatable bonds is 8. The van der Waals surface area contributed by atoms with Crippen molar-refractivity contribution in [2.75, 3.05) is 6.61 Å². The molecule has 0 heterocycles. The molecule has 1 radical (unpaired) electrons. The van der Waals surface area contributed by atoms with Crippen LogP contribution in [-0.4, -0.2) is 18.5 Å². The van der Waals surface area contributed by atoms with E-state index in [4.69, 9.17) is 9.47 Å². The highest BCUT2D eigenvalue weighted by Crippen LogP contribution is 2.16. The van der Waals surface area contributed by atoms with Gasteiger partial charge in [-0.05, 0) is 6.42 Å². The minimum Gasteiger partial charge on any atom is -0.462 e. The van der Waals surface area contributed by atoms with Crippen molar-refractivity contribution in [3.8, 4) is 0 Å². The second-order valence-corrected chi connectivity index (χ2v) is 3.04. The zero-order chi connectivity index (χ0) is 12.4. The zero-order valence-corrected chi connectivity index (χ0v) is 9.53. The van der Waals surface area contributed by atoms with Gasteiger partial charge in [0.05, 0.1) is 6.61 Å². The molecule has 0 saturated carbocycles. The lowest BCUT2D eigenvalue weighted by atomic mass is 10.1. The molecule has 0 amide bonds. The third-order valence-electron chi connectivity index (χ3n) is 1.73. The first-order valence-corrected chi connectivity index (χ1v) is 5.12. The summed E-state index contributed by atoms with van der Waals surface area (Å²) in [5.74, 6) is -0.968. The van der Waals surface area contributed by atoms with E-state index in [1.54, 1.807) is 0 Å². The van der Waals surface area contributed by atoms with Crippen LogP contribution in [0.15, 0.2) is 25.3 Å². The van der Waals surface area contributed by atoms with Gasteiger partial charge < -0.3 is 9.47 Å². The number of carbonyl (C=O) groups excluding carboxylic acids is 2. The third kappa shape index (κ3) is 6.81. The fraction of sp³-hybridized carbons (Fsp3) is 0.417. The largest absolute Gasteiger partial charge is 0.462 e. The third-order valence-corrected chi connectivity index (χ3v) is 1.73. The van der Waals surface area contributed by atoms with Crippen molar-refractivity contribution in [1.29, 1.82) is 0 Å². The van der Waals surface area contributed by atoms with E-state index in [0.717, 1.165) is 18.6 Å². The second kappa shape index (κ2) is 8.71. The summed E-state index contributed by atoms with van der Waals surface area (Å²) < 4.78 is 9.79. The molecule has 0 unspecified atom stereocenters. The second-order valence-electron chi connectivity index (χ2n) is 3.04. The van der Waals surface area contributed by atoms with Gasteiger partial charge in [0.25, 0.3) is 0 Å². The minimum atomic E-state index is -0.488. The predicted octanol–water partition coefficient (Wildman–Crippen LogP) is 2.17. The standard InChI is InChI=1S/C12H17O4/c1-4-7-10(16-12(14)6-3)8-9-15-11(13)5-2/h5-6H,2-4,7-9H2,1H3. The Hall–Kier alpha value is -1.58. The Morgan fingerprint density at radius 1 is 1.12 bits per heavy atom. The molecule has 0 aromatic carbocycles. The molecule has 16 heavy (non-hydrogen) atoms. The van der Waals surface area contributed by atoms with Crippen LogP contribution >= 0.6 is 0 Å². The number of esters is 2. The van der Waals surface area contributed by atoms with Crippen molar-refractivity contribution in [3.05, 3.63) is 31.4 Å². The van der Waals surface area contributed by atoms with Crippen LogP contribution in [0.4, 0.5) is 0 Å². The molecule has 0 fully saturated rings. The number of ether oxygens (including phenoxy) is 2. The summed E-state index contributed by atoms with van der Waals surface area (Å²) in [7, 11) is 0. The van der Waals surface area contributed by atoms with Gasteiger partial charge >= 0.3 is 11.9 Å². The molecule has 0 rings (SSSR count). The van der Waals surface area contributed by atoms with E-state index in [1.165, 1.54) is 0 Å². The lowest BCUT2D eigenvalue weighted by Crippen LogP contribution is -2.12. The van der Waals surface area contributed by atoms with E-state index >= 15 is 0 Å². The zero-order valence-electron chi connectivity index (χ0n) is 9.53. The molecule has 89 valence electrons. The molecule has 0 spiro atoms. The summed E-state index contributed by atoms with van der Waals surface area (Å²) in [4.78, 5) is 21.7. The Bertz CT molecular complexity index is 258. The summed E-state index contributed by atoms with van der Waals surface area (Å²) in [5.41, 5.74) is 0. The highest BCUT2D eigenvalue weighted by Gasteiger charge is 2.13. The number of hydrogen-bond donors (Lipinski definition) is 0. The molecule has 4 nitrogen and oxygen atoms in total. The first-order chi connectivity index (χ1) is 7.63. The van der Waals surface area contributed by atoms with Gasteiger partial charge in [-0.2, -0.15) is 0 Å². The summed E-state index contributed by atoms with van der Waals surface area (Å²) >= 11 is 0. The average Bonchev–Trinajstić information content (AvgIpc) is 2.28. The van der Waals surface area contributed by atoms with Crippen molar-refractivity contribution in [2.24, 2.45) is 0 Å². The topological polar surface area (TPSA) is 52.6 Å². The maximum Gasteiger partial charge on any atom is 0.330 e. The van der Waals surface area contributed by atoms with Crippen LogP contribution in [0, 0.1) is 6.10 Å². The van der Waals surface area contributed by atoms with Gasteiger partial charge in [0.2, 0.25) is 0 Å². The molecule has 0 aromatic rings. The highest BCUT2D eigenvalue weighted by molar-refractivity contribution is 5.82. The molecule has 0 atom stereocenters. The fourth-order valence-corrected chi connectivity index (χ4v) is 1.01. The fourth-order valence-electron chi connectivity index (χ4n) is 1.01. The van der Waals surface area contributed by atoms with Crippen molar-refractivity contribution in [2.45, 2.75) is 26.2 Å². The predicted molar refractivity (Wildman–Crippen MR) is 60.2 cm³/mol. The van der Waals surface area contributed by atoms with E-state index in [0.29, 0.717) is 18.9 Å². The molecular formula is C12H17O4. The van der Waals surface area contributed by atoms with Crippen LogP contribution in [0.5, 0.6) is 0 Å². The van der Waals surface area contributed by atoms with Crippen molar-refractivity contribution >= 4 is 11.9 Å². The van der Waals surface area contributed by atoms with Crippen LogP contribution in [0.3, 0.4) is 0 Å². The van der Waals surface area contributed by atoms with Crippen LogP contribution < -0.4 is 0 Å². The average molecular weight is 225 g/mol. The van der Waals surface area contributed by atoms with Crippen molar-refractivity contribution in [3.63, 3.8) is 0 Å². The van der Waals surface area contributed by atoms with Gasteiger partial charge in [-0.1, -0.05) is 26.5 Å². The van der Waals surface area contributed by atoms with Gasteiger partial charge in [0, 0.05) is 18.6 Å². The summed E-state index contributed by atoms with van der Waals surface area (Å²) in [5, 5.41) is 0. The molecule has 0 aliphatic carbocycles. The molecular weight excluding hydrogens is 208 g/mol. The Kier molecular flexibility index (Phi) is 7.85. The Morgan fingerprint density at radius 3 is 2.25 bits per heavy atom. The monoisotopic (exact) mass is 225 g/mol. The Labute approximate surface area is 95.9 Å².